The Kier molecular flexibility index (Phi) is 5.51. The van der Waals surface area contributed by atoms with Gasteiger partial charge in [-0.2, -0.15) is 0 Å². The van der Waals surface area contributed by atoms with E-state index in [1.165, 1.54) is 4.31 Å². The van der Waals surface area contributed by atoms with Gasteiger partial charge in [0.25, 0.3) is 0 Å². The quantitative estimate of drug-likeness (QED) is 0.833. The first-order chi connectivity index (χ1) is 10.2. The summed E-state index contributed by atoms with van der Waals surface area (Å²) in [5.41, 5.74) is 1.84. The first kappa shape index (κ1) is 15.3. The monoisotopic (exact) mass is 301 g/mol. The smallest absolute Gasteiger partial charge is 0.331 e. The van der Waals surface area contributed by atoms with E-state index in [-0.39, 0.29) is 6.03 Å². The number of carbonyl (C=O) groups is 1. The van der Waals surface area contributed by atoms with Crippen LogP contribution >= 0.6 is 12.8 Å². The van der Waals surface area contributed by atoms with Crippen LogP contribution in [0.25, 0.3) is 0 Å². The summed E-state index contributed by atoms with van der Waals surface area (Å²) in [4.78, 5) is 11.9. The Morgan fingerprint density at radius 3 is 2.52 bits per heavy atom. The highest BCUT2D eigenvalue weighted by Crippen LogP contribution is 2.15. The van der Waals surface area contributed by atoms with Crippen LogP contribution < -0.4 is 14.4 Å². The summed E-state index contributed by atoms with van der Waals surface area (Å²) in [6.07, 6.45) is 0.750. The molecule has 0 aromatic heterocycles. The second-order valence-corrected chi connectivity index (χ2v) is 4.80. The van der Waals surface area contributed by atoms with Crippen LogP contribution in [0.3, 0.4) is 0 Å². The molecular weight excluding hydrogens is 284 g/mol. The van der Waals surface area contributed by atoms with E-state index in [1.54, 1.807) is 31.4 Å². The Balaban J connectivity index is 1.81. The van der Waals surface area contributed by atoms with Crippen molar-refractivity contribution in [2.75, 3.05) is 18.0 Å². The van der Waals surface area contributed by atoms with Crippen molar-refractivity contribution in [3.8, 4) is 5.75 Å². The highest BCUT2D eigenvalue weighted by molar-refractivity contribution is 7.82. The molecule has 2 rings (SSSR count). The largest absolute Gasteiger partial charge is 0.497 e. The van der Waals surface area contributed by atoms with E-state index in [9.17, 15) is 4.79 Å². The fourth-order valence-corrected chi connectivity index (χ4v) is 2.02. The molecule has 0 spiro atoms. The molecule has 4 nitrogen and oxygen atoms in total. The zero-order valence-electron chi connectivity index (χ0n) is 11.7. The molecule has 0 atom stereocenters. The van der Waals surface area contributed by atoms with Crippen LogP contribution in [0.15, 0.2) is 48.5 Å². The van der Waals surface area contributed by atoms with E-state index in [0.29, 0.717) is 12.2 Å². The van der Waals surface area contributed by atoms with E-state index in [1.807, 2.05) is 24.3 Å². The minimum atomic E-state index is -0.252. The number of urea groups is 1. The van der Waals surface area contributed by atoms with Gasteiger partial charge in [-0.05, 0) is 42.3 Å². The van der Waals surface area contributed by atoms with E-state index in [4.69, 9.17) is 4.74 Å². The van der Waals surface area contributed by atoms with Gasteiger partial charge < -0.3 is 10.1 Å². The highest BCUT2D eigenvalue weighted by atomic mass is 32.1. The molecule has 0 saturated carbocycles. The lowest BCUT2D eigenvalue weighted by atomic mass is 10.1. The second kappa shape index (κ2) is 7.59. The van der Waals surface area contributed by atoms with Crippen molar-refractivity contribution in [3.63, 3.8) is 0 Å². The number of anilines is 1. The molecule has 2 amide bonds. The number of methoxy groups -OCH3 is 1. The van der Waals surface area contributed by atoms with Gasteiger partial charge in [0.15, 0.2) is 0 Å². The van der Waals surface area contributed by atoms with Crippen LogP contribution in [0.5, 0.6) is 5.75 Å². The van der Waals surface area contributed by atoms with Crippen LogP contribution in [0.1, 0.15) is 5.56 Å². The van der Waals surface area contributed by atoms with Crippen LogP contribution in [0, 0.1) is 6.07 Å². The van der Waals surface area contributed by atoms with Crippen LogP contribution in [-0.4, -0.2) is 19.7 Å². The van der Waals surface area contributed by atoms with Gasteiger partial charge in [0, 0.05) is 6.54 Å². The Bertz CT molecular complexity index is 573. The van der Waals surface area contributed by atoms with Crippen molar-refractivity contribution in [1.29, 1.82) is 0 Å². The molecule has 2 aromatic carbocycles. The maximum atomic E-state index is 11.9. The molecule has 0 aliphatic carbocycles. The molecule has 1 N–H and O–H groups in total. The topological polar surface area (TPSA) is 41.6 Å². The zero-order chi connectivity index (χ0) is 15.1. The van der Waals surface area contributed by atoms with Gasteiger partial charge in [-0.25, -0.2) is 9.10 Å². The average molecular weight is 301 g/mol. The Morgan fingerprint density at radius 1 is 1.24 bits per heavy atom. The van der Waals surface area contributed by atoms with Crippen molar-refractivity contribution in [2.24, 2.45) is 0 Å². The molecule has 0 saturated heterocycles. The van der Waals surface area contributed by atoms with E-state index < -0.39 is 0 Å². The molecule has 0 heterocycles. The van der Waals surface area contributed by atoms with Crippen molar-refractivity contribution in [3.05, 3.63) is 60.2 Å². The van der Waals surface area contributed by atoms with Gasteiger partial charge in [-0.1, -0.05) is 37.1 Å². The average Bonchev–Trinajstić information content (AvgIpc) is 2.55. The van der Waals surface area contributed by atoms with E-state index >= 15 is 0 Å². The molecule has 0 fully saturated rings. The second-order valence-electron chi connectivity index (χ2n) is 4.40. The molecule has 1 radical (unpaired) electrons. The zero-order valence-corrected chi connectivity index (χ0v) is 12.6. The minimum Gasteiger partial charge on any atom is -0.497 e. The van der Waals surface area contributed by atoms with Crippen molar-refractivity contribution in [2.45, 2.75) is 6.42 Å². The highest BCUT2D eigenvalue weighted by Gasteiger charge is 2.10. The third-order valence-corrected chi connectivity index (χ3v) is 3.40. The summed E-state index contributed by atoms with van der Waals surface area (Å²) in [7, 11) is 1.64. The number of nitrogens with zero attached hydrogens (tertiary/aromatic N) is 1. The lowest BCUT2D eigenvalue weighted by Crippen LogP contribution is -2.35. The summed E-state index contributed by atoms with van der Waals surface area (Å²) < 4.78 is 6.38. The summed E-state index contributed by atoms with van der Waals surface area (Å²) in [6, 6.07) is 17.4. The predicted octanol–water partition coefficient (Wildman–Crippen LogP) is 3.10. The normalized spacial score (nSPS) is 10.0. The number of nitrogens with one attached hydrogen (secondary N) is 1. The third-order valence-electron chi connectivity index (χ3n) is 2.99. The number of thiol groups is 1. The Morgan fingerprint density at radius 2 is 1.90 bits per heavy atom. The lowest BCUT2D eigenvalue weighted by molar-refractivity contribution is 0.250. The molecule has 2 aromatic rings. The van der Waals surface area contributed by atoms with Crippen molar-refractivity contribution >= 4 is 24.5 Å². The van der Waals surface area contributed by atoms with Crippen LogP contribution in [0.2, 0.25) is 0 Å². The van der Waals surface area contributed by atoms with Crippen LogP contribution in [-0.2, 0) is 6.42 Å². The summed E-state index contributed by atoms with van der Waals surface area (Å²) in [5.74, 6) is 0.824. The Hall–Kier alpha value is -2.14. The maximum absolute atomic E-state index is 11.9. The number of hydrogen-bond acceptors (Lipinski definition) is 3. The van der Waals surface area contributed by atoms with Gasteiger partial charge in [-0.3, -0.25) is 0 Å². The lowest BCUT2D eigenvalue weighted by Gasteiger charge is -2.16. The number of benzene rings is 2. The molecule has 21 heavy (non-hydrogen) atoms. The number of amides is 2. The third kappa shape index (κ3) is 4.43. The SMILES string of the molecule is COc1ccc(CCNC(=O)N(S)c2cc[c]cc2)cc1. The molecule has 0 bridgehead atoms. The summed E-state index contributed by atoms with van der Waals surface area (Å²) in [6.45, 7) is 0.543. The molecule has 5 heteroatoms. The van der Waals surface area contributed by atoms with Gasteiger partial charge in [0.2, 0.25) is 0 Å². The number of carbonyl (C=O) groups excluding carboxylic acids is 1. The Labute approximate surface area is 130 Å². The molecule has 0 unspecified atom stereocenters. The summed E-state index contributed by atoms with van der Waals surface area (Å²) in [5, 5.41) is 2.83. The summed E-state index contributed by atoms with van der Waals surface area (Å²) >= 11 is 4.19. The van der Waals surface area contributed by atoms with Gasteiger partial charge in [0.05, 0.1) is 12.8 Å². The van der Waals surface area contributed by atoms with E-state index in [0.717, 1.165) is 17.7 Å². The van der Waals surface area contributed by atoms with Crippen LogP contribution in [0.4, 0.5) is 10.5 Å². The standard InChI is InChI=1S/C16H17N2O2S/c1-20-15-9-7-13(8-10-15)11-12-17-16(19)18(21)14-5-3-2-4-6-14/h3-10,21H,11-12H2,1H3,(H,17,19). The molecule has 0 aliphatic heterocycles. The number of hydrogen-bond donors (Lipinski definition) is 2. The van der Waals surface area contributed by atoms with Crippen molar-refractivity contribution < 1.29 is 9.53 Å². The molecule has 109 valence electrons. The number of rotatable bonds is 5. The van der Waals surface area contributed by atoms with E-state index in [2.05, 4.69) is 24.2 Å². The van der Waals surface area contributed by atoms with Gasteiger partial charge >= 0.3 is 6.03 Å². The first-order valence-electron chi connectivity index (χ1n) is 6.56. The van der Waals surface area contributed by atoms with Gasteiger partial charge in [0.1, 0.15) is 5.75 Å². The molecular formula is C16H17N2O2S. The minimum absolute atomic E-state index is 0.252. The number of ether oxygens (including phenoxy) is 1. The fraction of sp³-hybridized carbons (Fsp3) is 0.188. The fourth-order valence-electron chi connectivity index (χ4n) is 1.82. The predicted molar refractivity (Wildman–Crippen MR) is 86.8 cm³/mol. The first-order valence-corrected chi connectivity index (χ1v) is 6.96. The van der Waals surface area contributed by atoms with Crippen molar-refractivity contribution in [1.82, 2.24) is 5.32 Å². The van der Waals surface area contributed by atoms with Gasteiger partial charge in [-0.15, -0.1) is 0 Å². The molecule has 0 aliphatic rings. The maximum Gasteiger partial charge on any atom is 0.331 e.